The molecule has 0 radical (unpaired) electrons. The van der Waals surface area contributed by atoms with E-state index in [4.69, 9.17) is 14.2 Å². The number of carbonyl (C=O) groups is 1. The fourth-order valence-corrected chi connectivity index (χ4v) is 2.43. The molecular formula is C20H25NO4. The number of ether oxygens (including phenoxy) is 3. The summed E-state index contributed by atoms with van der Waals surface area (Å²) in [5, 5.41) is 2.89. The number of methoxy groups -OCH3 is 2. The normalized spacial score (nSPS) is 11.6. The second kappa shape index (κ2) is 9.69. The molecule has 0 fully saturated rings. The van der Waals surface area contributed by atoms with Crippen LogP contribution < -0.4 is 14.8 Å². The van der Waals surface area contributed by atoms with Crippen molar-refractivity contribution in [2.75, 3.05) is 27.4 Å². The van der Waals surface area contributed by atoms with Crippen LogP contribution >= 0.6 is 0 Å². The van der Waals surface area contributed by atoms with Crippen molar-refractivity contribution in [3.63, 3.8) is 0 Å². The number of hydrogen-bond acceptors (Lipinski definition) is 4. The van der Waals surface area contributed by atoms with Crippen LogP contribution in [0.3, 0.4) is 0 Å². The Labute approximate surface area is 148 Å². The van der Waals surface area contributed by atoms with E-state index in [-0.39, 0.29) is 12.0 Å². The highest BCUT2D eigenvalue weighted by Crippen LogP contribution is 2.27. The molecule has 2 rings (SSSR count). The molecule has 1 N–H and O–H groups in total. The quantitative estimate of drug-likeness (QED) is 0.707. The molecular weight excluding hydrogens is 318 g/mol. The van der Waals surface area contributed by atoms with Crippen molar-refractivity contribution >= 4 is 5.91 Å². The van der Waals surface area contributed by atoms with Gasteiger partial charge in [-0.25, -0.2) is 0 Å². The summed E-state index contributed by atoms with van der Waals surface area (Å²) >= 11 is 0. The molecule has 0 aliphatic heterocycles. The SMILES string of the molecule is COc1ccc(C(=O)NCCCO[C@@H](C)c2ccccc2)cc1OC. The highest BCUT2D eigenvalue weighted by Gasteiger charge is 2.10. The Balaban J connectivity index is 1.74. The fraction of sp³-hybridized carbons (Fsp3) is 0.350. The van der Waals surface area contributed by atoms with Gasteiger partial charge in [-0.15, -0.1) is 0 Å². The number of hydrogen-bond donors (Lipinski definition) is 1. The van der Waals surface area contributed by atoms with Gasteiger partial charge < -0.3 is 19.5 Å². The van der Waals surface area contributed by atoms with Crippen LogP contribution in [-0.4, -0.2) is 33.3 Å². The van der Waals surface area contributed by atoms with E-state index in [0.717, 1.165) is 12.0 Å². The highest BCUT2D eigenvalue weighted by molar-refractivity contribution is 5.94. The highest BCUT2D eigenvalue weighted by atomic mass is 16.5. The van der Waals surface area contributed by atoms with Crippen LogP contribution in [0.2, 0.25) is 0 Å². The molecule has 0 aliphatic rings. The average molecular weight is 343 g/mol. The summed E-state index contributed by atoms with van der Waals surface area (Å²) in [6, 6.07) is 15.2. The number of nitrogens with one attached hydrogen (secondary N) is 1. The number of amides is 1. The van der Waals surface area contributed by atoms with E-state index in [0.29, 0.717) is 30.2 Å². The summed E-state index contributed by atoms with van der Waals surface area (Å²) in [5.41, 5.74) is 1.69. The minimum atomic E-state index is -0.142. The van der Waals surface area contributed by atoms with Crippen LogP contribution in [-0.2, 0) is 4.74 Å². The largest absolute Gasteiger partial charge is 0.493 e. The molecule has 0 aromatic heterocycles. The third kappa shape index (κ3) is 5.50. The van der Waals surface area contributed by atoms with Crippen molar-refractivity contribution in [3.8, 4) is 11.5 Å². The lowest BCUT2D eigenvalue weighted by Gasteiger charge is -2.13. The second-order valence-corrected chi connectivity index (χ2v) is 5.60. The summed E-state index contributed by atoms with van der Waals surface area (Å²) < 4.78 is 16.2. The molecule has 5 nitrogen and oxygen atoms in total. The van der Waals surface area contributed by atoms with Crippen molar-refractivity contribution in [2.24, 2.45) is 0 Å². The molecule has 0 unspecified atom stereocenters. The Bertz CT molecular complexity index is 673. The zero-order valence-corrected chi connectivity index (χ0v) is 15.0. The lowest BCUT2D eigenvalue weighted by atomic mass is 10.1. The first-order valence-electron chi connectivity index (χ1n) is 8.32. The Morgan fingerprint density at radius 2 is 1.76 bits per heavy atom. The molecule has 2 aromatic carbocycles. The predicted octanol–water partition coefficient (Wildman–Crippen LogP) is 3.60. The zero-order valence-electron chi connectivity index (χ0n) is 15.0. The van der Waals surface area contributed by atoms with Gasteiger partial charge >= 0.3 is 0 Å². The summed E-state index contributed by atoms with van der Waals surface area (Å²) in [4.78, 5) is 12.2. The van der Waals surface area contributed by atoms with Crippen molar-refractivity contribution < 1.29 is 19.0 Å². The summed E-state index contributed by atoms with van der Waals surface area (Å²) in [5.74, 6) is 0.995. The van der Waals surface area contributed by atoms with Crippen LogP contribution in [0, 0.1) is 0 Å². The van der Waals surface area contributed by atoms with E-state index in [9.17, 15) is 4.79 Å². The molecule has 134 valence electrons. The van der Waals surface area contributed by atoms with Gasteiger partial charge in [-0.2, -0.15) is 0 Å². The zero-order chi connectivity index (χ0) is 18.1. The monoisotopic (exact) mass is 343 g/mol. The number of rotatable bonds is 9. The van der Waals surface area contributed by atoms with Gasteiger partial charge in [0, 0.05) is 18.7 Å². The molecule has 5 heteroatoms. The van der Waals surface area contributed by atoms with E-state index in [1.165, 1.54) is 0 Å². The lowest BCUT2D eigenvalue weighted by Crippen LogP contribution is -2.25. The minimum Gasteiger partial charge on any atom is -0.493 e. The van der Waals surface area contributed by atoms with Gasteiger partial charge in [0.2, 0.25) is 0 Å². The fourth-order valence-electron chi connectivity index (χ4n) is 2.43. The van der Waals surface area contributed by atoms with Crippen LogP contribution in [0.5, 0.6) is 11.5 Å². The van der Waals surface area contributed by atoms with E-state index < -0.39 is 0 Å². The average Bonchev–Trinajstić information content (AvgIpc) is 2.67. The standard InChI is InChI=1S/C20H25NO4/c1-15(16-8-5-4-6-9-16)25-13-7-12-21-20(22)17-10-11-18(23-2)19(14-17)24-3/h4-6,8-11,14-15H,7,12-13H2,1-3H3,(H,21,22)/t15-/m0/s1. The van der Waals surface area contributed by atoms with Gasteiger partial charge in [0.25, 0.3) is 5.91 Å². The van der Waals surface area contributed by atoms with Crippen LogP contribution in [0.1, 0.15) is 35.4 Å². The smallest absolute Gasteiger partial charge is 0.251 e. The van der Waals surface area contributed by atoms with Crippen molar-refractivity contribution in [2.45, 2.75) is 19.4 Å². The Morgan fingerprint density at radius 1 is 1.04 bits per heavy atom. The number of benzene rings is 2. The first kappa shape index (κ1) is 18.8. The van der Waals surface area contributed by atoms with Crippen molar-refractivity contribution in [3.05, 3.63) is 59.7 Å². The van der Waals surface area contributed by atoms with E-state index >= 15 is 0 Å². The third-order valence-electron chi connectivity index (χ3n) is 3.89. The molecule has 2 aromatic rings. The molecule has 25 heavy (non-hydrogen) atoms. The molecule has 0 spiro atoms. The molecule has 0 heterocycles. The van der Waals surface area contributed by atoms with Crippen LogP contribution in [0.4, 0.5) is 0 Å². The maximum atomic E-state index is 12.2. The Morgan fingerprint density at radius 3 is 2.44 bits per heavy atom. The predicted molar refractivity (Wildman–Crippen MR) is 97.3 cm³/mol. The van der Waals surface area contributed by atoms with Gasteiger partial charge in [-0.3, -0.25) is 4.79 Å². The third-order valence-corrected chi connectivity index (χ3v) is 3.89. The molecule has 0 saturated heterocycles. The van der Waals surface area contributed by atoms with Gasteiger partial charge in [0.05, 0.1) is 20.3 Å². The van der Waals surface area contributed by atoms with E-state index in [1.54, 1.807) is 32.4 Å². The maximum Gasteiger partial charge on any atom is 0.251 e. The van der Waals surface area contributed by atoms with E-state index in [1.807, 2.05) is 37.3 Å². The summed E-state index contributed by atoms with van der Waals surface area (Å²) in [6.07, 6.45) is 0.790. The van der Waals surface area contributed by atoms with Gasteiger partial charge in [0.1, 0.15) is 0 Å². The molecule has 0 bridgehead atoms. The molecule has 1 amide bonds. The van der Waals surface area contributed by atoms with Gasteiger partial charge in [0.15, 0.2) is 11.5 Å². The van der Waals surface area contributed by atoms with Crippen LogP contribution in [0.25, 0.3) is 0 Å². The first-order valence-corrected chi connectivity index (χ1v) is 8.32. The Kier molecular flexibility index (Phi) is 7.29. The minimum absolute atomic E-state index is 0.0442. The van der Waals surface area contributed by atoms with Crippen molar-refractivity contribution in [1.29, 1.82) is 0 Å². The molecule has 1 atom stereocenters. The first-order chi connectivity index (χ1) is 12.2. The molecule has 0 aliphatic carbocycles. The molecule has 0 saturated carbocycles. The topological polar surface area (TPSA) is 56.8 Å². The maximum absolute atomic E-state index is 12.2. The van der Waals surface area contributed by atoms with E-state index in [2.05, 4.69) is 5.32 Å². The van der Waals surface area contributed by atoms with Crippen LogP contribution in [0.15, 0.2) is 48.5 Å². The lowest BCUT2D eigenvalue weighted by molar-refractivity contribution is 0.0635. The summed E-state index contributed by atoms with van der Waals surface area (Å²) in [7, 11) is 3.11. The number of carbonyl (C=O) groups excluding carboxylic acids is 1. The van der Waals surface area contributed by atoms with Crippen molar-refractivity contribution in [1.82, 2.24) is 5.32 Å². The van der Waals surface area contributed by atoms with Gasteiger partial charge in [-0.1, -0.05) is 30.3 Å². The van der Waals surface area contributed by atoms with Gasteiger partial charge in [-0.05, 0) is 37.1 Å². The Hall–Kier alpha value is -2.53. The second-order valence-electron chi connectivity index (χ2n) is 5.60. The summed E-state index contributed by atoms with van der Waals surface area (Å²) in [6.45, 7) is 3.16.